The lowest BCUT2D eigenvalue weighted by atomic mass is 9.96. The van der Waals surface area contributed by atoms with Gasteiger partial charge in [-0.2, -0.15) is 0 Å². The van der Waals surface area contributed by atoms with Gasteiger partial charge in [-0.05, 0) is 45.3 Å². The van der Waals surface area contributed by atoms with E-state index in [0.717, 1.165) is 61.1 Å². The Morgan fingerprint density at radius 2 is 1.64 bits per heavy atom. The standard InChI is InChI=1S/C20H27N3O3.C6H8O7/c1-22(2)9-6-10-23(14-17-7-4-5-8-21-17)13-16-11-19-20(26-15-25-19)12-18(16)24-3;7-3(8)1-6(13,5(11)12)2-4(9)10/h4-5,7-8,11-12H,6,9-10,13-15H2,1-3H3;13H,1-2H2,(H,7,8)(H,9,10)(H,11,12). The normalized spacial score (nSPS) is 12.2. The first kappa shape index (κ1) is 31.3. The number of rotatable bonds is 14. The second-order valence-corrected chi connectivity index (χ2v) is 9.18. The molecule has 1 aliphatic heterocycles. The molecule has 2 aromatic rings. The Labute approximate surface area is 226 Å². The van der Waals surface area contributed by atoms with E-state index in [1.807, 2.05) is 30.5 Å². The maximum Gasteiger partial charge on any atom is 0.336 e. The van der Waals surface area contributed by atoms with Crippen molar-refractivity contribution in [1.82, 2.24) is 14.8 Å². The first-order valence-corrected chi connectivity index (χ1v) is 12.1. The number of carboxylic acid groups (broad SMARTS) is 3. The van der Waals surface area contributed by atoms with Crippen LogP contribution in [0.2, 0.25) is 0 Å². The van der Waals surface area contributed by atoms with Gasteiger partial charge in [-0.1, -0.05) is 6.07 Å². The molecule has 3 rings (SSSR count). The van der Waals surface area contributed by atoms with Gasteiger partial charge in [0.15, 0.2) is 17.1 Å². The van der Waals surface area contributed by atoms with Gasteiger partial charge in [-0.3, -0.25) is 19.5 Å². The monoisotopic (exact) mass is 549 g/mol. The van der Waals surface area contributed by atoms with Crippen LogP contribution in [0.3, 0.4) is 0 Å². The van der Waals surface area contributed by atoms with E-state index in [1.54, 1.807) is 7.11 Å². The molecule has 1 aromatic heterocycles. The third kappa shape index (κ3) is 10.4. The molecule has 2 heterocycles. The van der Waals surface area contributed by atoms with Crippen molar-refractivity contribution >= 4 is 17.9 Å². The molecule has 1 aromatic carbocycles. The lowest BCUT2D eigenvalue weighted by Crippen LogP contribution is -2.42. The van der Waals surface area contributed by atoms with Crippen LogP contribution in [-0.4, -0.2) is 99.8 Å². The molecule has 0 saturated carbocycles. The summed E-state index contributed by atoms with van der Waals surface area (Å²) in [6.07, 6.45) is 0.643. The van der Waals surface area contributed by atoms with Crippen LogP contribution in [0.5, 0.6) is 17.2 Å². The number of nitrogens with zero attached hydrogens (tertiary/aromatic N) is 3. The Hall–Kier alpha value is -3.94. The molecule has 214 valence electrons. The summed E-state index contributed by atoms with van der Waals surface area (Å²) in [6.45, 7) is 3.86. The van der Waals surface area contributed by atoms with Crippen LogP contribution in [0.4, 0.5) is 0 Å². The number of ether oxygens (including phenoxy) is 3. The Kier molecular flexibility index (Phi) is 11.9. The van der Waals surface area contributed by atoms with E-state index in [-0.39, 0.29) is 6.79 Å². The van der Waals surface area contributed by atoms with Gasteiger partial charge in [-0.25, -0.2) is 4.79 Å². The van der Waals surface area contributed by atoms with Gasteiger partial charge in [0.05, 0.1) is 25.6 Å². The predicted octanol–water partition coefficient (Wildman–Crippen LogP) is 1.52. The fraction of sp³-hybridized carbons (Fsp3) is 0.462. The van der Waals surface area contributed by atoms with Crippen molar-refractivity contribution in [3.8, 4) is 17.2 Å². The number of methoxy groups -OCH3 is 1. The Balaban J connectivity index is 0.000000349. The fourth-order valence-corrected chi connectivity index (χ4v) is 3.78. The van der Waals surface area contributed by atoms with Crippen LogP contribution in [0.15, 0.2) is 36.5 Å². The molecule has 0 amide bonds. The third-order valence-electron chi connectivity index (χ3n) is 5.65. The molecule has 4 N–H and O–H groups in total. The molecule has 13 nitrogen and oxygen atoms in total. The summed E-state index contributed by atoms with van der Waals surface area (Å²) < 4.78 is 16.6. The van der Waals surface area contributed by atoms with Crippen LogP contribution in [0, 0.1) is 0 Å². The van der Waals surface area contributed by atoms with E-state index in [0.29, 0.717) is 0 Å². The highest BCUT2D eigenvalue weighted by Crippen LogP contribution is 2.38. The summed E-state index contributed by atoms with van der Waals surface area (Å²) in [5.41, 5.74) is -0.577. The maximum atomic E-state index is 10.3. The average molecular weight is 550 g/mol. The number of carbonyl (C=O) groups is 3. The highest BCUT2D eigenvalue weighted by atomic mass is 16.7. The number of aliphatic carboxylic acids is 3. The first-order valence-electron chi connectivity index (χ1n) is 12.1. The van der Waals surface area contributed by atoms with Gasteiger partial charge < -0.3 is 39.5 Å². The van der Waals surface area contributed by atoms with Crippen LogP contribution >= 0.6 is 0 Å². The molecule has 0 saturated heterocycles. The van der Waals surface area contributed by atoms with Crippen molar-refractivity contribution in [2.45, 2.75) is 38.0 Å². The number of carboxylic acids is 3. The first-order chi connectivity index (χ1) is 18.4. The summed E-state index contributed by atoms with van der Waals surface area (Å²) in [6, 6.07) is 9.98. The van der Waals surface area contributed by atoms with E-state index in [2.05, 4.69) is 34.9 Å². The van der Waals surface area contributed by atoms with Crippen molar-refractivity contribution in [2.75, 3.05) is 41.1 Å². The van der Waals surface area contributed by atoms with Gasteiger partial charge >= 0.3 is 17.9 Å². The summed E-state index contributed by atoms with van der Waals surface area (Å²) in [4.78, 5) is 39.6. The van der Waals surface area contributed by atoms with Crippen LogP contribution in [0.1, 0.15) is 30.5 Å². The van der Waals surface area contributed by atoms with Gasteiger partial charge in [0.2, 0.25) is 6.79 Å². The molecule has 0 aliphatic carbocycles. The number of aliphatic hydroxyl groups is 1. The second-order valence-electron chi connectivity index (χ2n) is 9.18. The second kappa shape index (κ2) is 14.9. The molecule has 39 heavy (non-hydrogen) atoms. The van der Waals surface area contributed by atoms with E-state index in [9.17, 15) is 14.4 Å². The SMILES string of the molecule is COc1cc2c(cc1CN(CCCN(C)C)Cc1ccccn1)OCO2.O=C(O)CC(O)(CC(=O)O)C(=O)O. The smallest absolute Gasteiger partial charge is 0.336 e. The van der Waals surface area contributed by atoms with E-state index in [1.165, 1.54) is 0 Å². The van der Waals surface area contributed by atoms with E-state index in [4.69, 9.17) is 34.6 Å². The number of hydrogen-bond acceptors (Lipinski definition) is 10. The summed E-state index contributed by atoms with van der Waals surface area (Å²) in [5, 5.41) is 33.8. The molecule has 0 bridgehead atoms. The van der Waals surface area contributed by atoms with Crippen molar-refractivity contribution in [3.05, 3.63) is 47.8 Å². The number of hydrogen-bond donors (Lipinski definition) is 4. The zero-order valence-electron chi connectivity index (χ0n) is 22.2. The molecule has 0 fully saturated rings. The Bertz CT molecular complexity index is 1090. The van der Waals surface area contributed by atoms with Gasteiger partial charge in [0, 0.05) is 37.5 Å². The van der Waals surface area contributed by atoms with Crippen molar-refractivity contribution < 1.29 is 49.0 Å². The number of pyridine rings is 1. The Morgan fingerprint density at radius 3 is 2.15 bits per heavy atom. The topological polar surface area (TPSA) is 179 Å². The maximum absolute atomic E-state index is 10.3. The number of fused-ring (bicyclic) bond motifs is 1. The van der Waals surface area contributed by atoms with Crippen molar-refractivity contribution in [2.24, 2.45) is 0 Å². The summed E-state index contributed by atoms with van der Waals surface area (Å²) in [5.74, 6) is -2.66. The number of benzene rings is 1. The van der Waals surface area contributed by atoms with Gasteiger partial charge in [0.25, 0.3) is 0 Å². The van der Waals surface area contributed by atoms with Gasteiger partial charge in [0.1, 0.15) is 5.75 Å². The molecule has 0 unspecified atom stereocenters. The molecule has 0 atom stereocenters. The highest BCUT2D eigenvalue weighted by Gasteiger charge is 2.40. The highest BCUT2D eigenvalue weighted by molar-refractivity contribution is 5.88. The largest absolute Gasteiger partial charge is 0.496 e. The molecule has 0 radical (unpaired) electrons. The minimum Gasteiger partial charge on any atom is -0.496 e. The van der Waals surface area contributed by atoms with E-state index < -0.39 is 36.4 Å². The zero-order chi connectivity index (χ0) is 29.0. The molecule has 13 heteroatoms. The zero-order valence-corrected chi connectivity index (χ0v) is 22.2. The van der Waals surface area contributed by atoms with Crippen molar-refractivity contribution in [3.63, 3.8) is 0 Å². The molecule has 0 spiro atoms. The summed E-state index contributed by atoms with van der Waals surface area (Å²) >= 11 is 0. The van der Waals surface area contributed by atoms with Crippen LogP contribution in [-0.2, 0) is 27.5 Å². The predicted molar refractivity (Wildman–Crippen MR) is 138 cm³/mol. The van der Waals surface area contributed by atoms with Crippen LogP contribution < -0.4 is 14.2 Å². The van der Waals surface area contributed by atoms with Crippen LogP contribution in [0.25, 0.3) is 0 Å². The number of aromatic nitrogens is 1. The Morgan fingerprint density at radius 1 is 1.00 bits per heavy atom. The molecular formula is C26H35N3O10. The quantitative estimate of drug-likeness (QED) is 0.267. The van der Waals surface area contributed by atoms with Crippen molar-refractivity contribution in [1.29, 1.82) is 0 Å². The minimum absolute atomic E-state index is 0.266. The molecule has 1 aliphatic rings. The lowest BCUT2D eigenvalue weighted by Gasteiger charge is -2.24. The average Bonchev–Trinajstić information content (AvgIpc) is 3.30. The third-order valence-corrected chi connectivity index (χ3v) is 5.65. The molecular weight excluding hydrogens is 514 g/mol. The lowest BCUT2D eigenvalue weighted by molar-refractivity contribution is -0.170. The van der Waals surface area contributed by atoms with E-state index >= 15 is 0 Å². The minimum atomic E-state index is -2.74. The van der Waals surface area contributed by atoms with Gasteiger partial charge in [-0.15, -0.1) is 0 Å². The fourth-order valence-electron chi connectivity index (χ4n) is 3.78. The summed E-state index contributed by atoms with van der Waals surface area (Å²) in [7, 11) is 5.89.